The van der Waals surface area contributed by atoms with E-state index in [4.69, 9.17) is 0 Å². The lowest BCUT2D eigenvalue weighted by Crippen LogP contribution is -2.40. The van der Waals surface area contributed by atoms with Gasteiger partial charge < -0.3 is 5.32 Å². The molecule has 0 aliphatic carbocycles. The zero-order valence-corrected chi connectivity index (χ0v) is 12.8. The zero-order valence-electron chi connectivity index (χ0n) is 12.8. The molecule has 0 aliphatic rings. The van der Waals surface area contributed by atoms with Crippen LogP contribution in [0.2, 0.25) is 0 Å². The van der Waals surface area contributed by atoms with E-state index in [1.54, 1.807) is 0 Å². The highest BCUT2D eigenvalue weighted by atomic mass is 15.5. The van der Waals surface area contributed by atoms with Gasteiger partial charge in [0.15, 0.2) is 0 Å². The molecule has 0 atom stereocenters. The van der Waals surface area contributed by atoms with Gasteiger partial charge in [-0.1, -0.05) is 48.0 Å². The Bertz CT molecular complexity index is 573. The van der Waals surface area contributed by atoms with E-state index in [1.807, 2.05) is 49.4 Å². The Hall–Kier alpha value is -2.33. The van der Waals surface area contributed by atoms with Crippen molar-refractivity contribution in [2.24, 2.45) is 4.99 Å². The second-order valence-electron chi connectivity index (χ2n) is 5.15. The summed E-state index contributed by atoms with van der Waals surface area (Å²) < 4.78 is 0. The maximum absolute atomic E-state index is 4.60. The summed E-state index contributed by atoms with van der Waals surface area (Å²) in [7, 11) is 3.88. The predicted molar refractivity (Wildman–Crippen MR) is 89.2 cm³/mol. The van der Waals surface area contributed by atoms with E-state index in [0.29, 0.717) is 6.54 Å². The number of guanidine groups is 1. The average molecular weight is 282 g/mol. The highest BCUT2D eigenvalue weighted by molar-refractivity contribution is 5.93. The van der Waals surface area contributed by atoms with Crippen LogP contribution in [0.5, 0.6) is 0 Å². The summed E-state index contributed by atoms with van der Waals surface area (Å²) in [5, 5.41) is 5.17. The number of hydrogen-bond donors (Lipinski definition) is 2. The van der Waals surface area contributed by atoms with Gasteiger partial charge in [-0.15, -0.1) is 0 Å². The van der Waals surface area contributed by atoms with Gasteiger partial charge in [-0.25, -0.2) is 10.0 Å². The van der Waals surface area contributed by atoms with Crippen LogP contribution in [0.1, 0.15) is 11.1 Å². The average Bonchev–Trinajstić information content (AvgIpc) is 2.48. The van der Waals surface area contributed by atoms with E-state index in [0.717, 1.165) is 11.6 Å². The number of benzene rings is 2. The molecule has 0 aliphatic heterocycles. The number of hydrazine groups is 1. The van der Waals surface area contributed by atoms with Gasteiger partial charge in [-0.05, 0) is 24.6 Å². The number of nitrogens with zero attached hydrogens (tertiary/aromatic N) is 2. The Morgan fingerprint density at radius 3 is 2.29 bits per heavy atom. The van der Waals surface area contributed by atoms with Crippen molar-refractivity contribution in [3.05, 3.63) is 65.7 Å². The van der Waals surface area contributed by atoms with Crippen LogP contribution in [0.25, 0.3) is 0 Å². The molecule has 0 saturated heterocycles. The Kier molecular flexibility index (Phi) is 5.35. The van der Waals surface area contributed by atoms with Gasteiger partial charge in [0.2, 0.25) is 5.96 Å². The minimum Gasteiger partial charge on any atom is -0.325 e. The molecule has 2 aromatic rings. The third-order valence-electron chi connectivity index (χ3n) is 2.91. The minimum atomic E-state index is 0.635. The fraction of sp³-hybridized carbons (Fsp3) is 0.235. The van der Waals surface area contributed by atoms with Crippen LogP contribution in [0.3, 0.4) is 0 Å². The van der Waals surface area contributed by atoms with Gasteiger partial charge in [0.05, 0.1) is 6.54 Å². The van der Waals surface area contributed by atoms with Crippen molar-refractivity contribution >= 4 is 11.6 Å². The van der Waals surface area contributed by atoms with E-state index in [1.165, 1.54) is 11.1 Å². The number of nitrogens with one attached hydrogen (secondary N) is 2. The molecular weight excluding hydrogens is 260 g/mol. The molecule has 2 aromatic carbocycles. The molecule has 0 heterocycles. The number of hydrogen-bond acceptors (Lipinski definition) is 2. The molecule has 2 N–H and O–H groups in total. The normalized spacial score (nSPS) is 11.5. The van der Waals surface area contributed by atoms with Crippen molar-refractivity contribution < 1.29 is 0 Å². The van der Waals surface area contributed by atoms with Gasteiger partial charge in [-0.3, -0.25) is 5.43 Å². The van der Waals surface area contributed by atoms with Crippen molar-refractivity contribution in [3.63, 3.8) is 0 Å². The molecule has 0 amide bonds. The molecule has 0 radical (unpaired) electrons. The first-order chi connectivity index (χ1) is 10.1. The summed E-state index contributed by atoms with van der Waals surface area (Å²) in [6, 6.07) is 18.5. The summed E-state index contributed by atoms with van der Waals surface area (Å²) in [5.74, 6) is 0.729. The first kappa shape index (κ1) is 15.1. The lowest BCUT2D eigenvalue weighted by Gasteiger charge is -2.17. The summed E-state index contributed by atoms with van der Waals surface area (Å²) >= 11 is 0. The van der Waals surface area contributed by atoms with Crippen molar-refractivity contribution in [2.75, 3.05) is 19.4 Å². The van der Waals surface area contributed by atoms with E-state index >= 15 is 0 Å². The van der Waals surface area contributed by atoms with Crippen LogP contribution >= 0.6 is 0 Å². The standard InChI is InChI=1S/C17H22N4/c1-14-9-11-16(12-10-14)19-17(20-21(2)3)18-13-15-7-5-4-6-8-15/h4-12H,13H2,1-3H3,(H2,18,19,20). The lowest BCUT2D eigenvalue weighted by molar-refractivity contribution is 0.361. The van der Waals surface area contributed by atoms with Crippen LogP contribution in [0, 0.1) is 6.92 Å². The van der Waals surface area contributed by atoms with Crippen molar-refractivity contribution in [1.29, 1.82) is 0 Å². The molecule has 0 spiro atoms. The molecule has 0 unspecified atom stereocenters. The Balaban J connectivity index is 2.08. The highest BCUT2D eigenvalue weighted by Gasteiger charge is 2.01. The topological polar surface area (TPSA) is 39.7 Å². The third kappa shape index (κ3) is 5.28. The summed E-state index contributed by atoms with van der Waals surface area (Å²) in [5.41, 5.74) is 6.62. The third-order valence-corrected chi connectivity index (χ3v) is 2.91. The zero-order chi connectivity index (χ0) is 15.1. The maximum Gasteiger partial charge on any atom is 0.210 e. The lowest BCUT2D eigenvalue weighted by atomic mass is 10.2. The number of anilines is 1. The minimum absolute atomic E-state index is 0.635. The first-order valence-electron chi connectivity index (χ1n) is 6.99. The Labute approximate surface area is 126 Å². The van der Waals surface area contributed by atoms with Gasteiger partial charge in [0, 0.05) is 19.8 Å². The fourth-order valence-electron chi connectivity index (χ4n) is 1.84. The molecule has 0 saturated carbocycles. The summed E-state index contributed by atoms with van der Waals surface area (Å²) in [6.07, 6.45) is 0. The maximum atomic E-state index is 4.60. The van der Waals surface area contributed by atoms with E-state index in [2.05, 4.69) is 46.9 Å². The molecule has 0 aromatic heterocycles. The number of aliphatic imine (C=N–C) groups is 1. The Morgan fingerprint density at radius 1 is 1.00 bits per heavy atom. The molecule has 110 valence electrons. The fourth-order valence-corrected chi connectivity index (χ4v) is 1.84. The highest BCUT2D eigenvalue weighted by Crippen LogP contribution is 2.08. The van der Waals surface area contributed by atoms with Gasteiger partial charge in [-0.2, -0.15) is 0 Å². The van der Waals surface area contributed by atoms with E-state index in [9.17, 15) is 0 Å². The molecule has 0 bridgehead atoms. The molecule has 2 rings (SSSR count). The number of aryl methyl sites for hydroxylation is 1. The van der Waals surface area contributed by atoms with Crippen molar-refractivity contribution in [1.82, 2.24) is 10.4 Å². The monoisotopic (exact) mass is 282 g/mol. The summed E-state index contributed by atoms with van der Waals surface area (Å²) in [4.78, 5) is 4.60. The molecular formula is C17H22N4. The quantitative estimate of drug-likeness (QED) is 0.514. The summed E-state index contributed by atoms with van der Waals surface area (Å²) in [6.45, 7) is 2.71. The van der Waals surface area contributed by atoms with Crippen LogP contribution in [-0.2, 0) is 6.54 Å². The van der Waals surface area contributed by atoms with E-state index < -0.39 is 0 Å². The second kappa shape index (κ2) is 7.45. The van der Waals surface area contributed by atoms with Crippen LogP contribution in [0.4, 0.5) is 5.69 Å². The van der Waals surface area contributed by atoms with Gasteiger partial charge in [0.1, 0.15) is 0 Å². The first-order valence-corrected chi connectivity index (χ1v) is 6.99. The Morgan fingerprint density at radius 2 is 1.67 bits per heavy atom. The van der Waals surface area contributed by atoms with Gasteiger partial charge >= 0.3 is 0 Å². The van der Waals surface area contributed by atoms with Crippen LogP contribution in [-0.4, -0.2) is 25.1 Å². The van der Waals surface area contributed by atoms with Gasteiger partial charge in [0.25, 0.3) is 0 Å². The molecule has 0 fully saturated rings. The SMILES string of the molecule is Cc1ccc(NC(=NCc2ccccc2)NN(C)C)cc1. The van der Waals surface area contributed by atoms with Crippen LogP contribution < -0.4 is 10.7 Å². The smallest absolute Gasteiger partial charge is 0.210 e. The van der Waals surface area contributed by atoms with E-state index in [-0.39, 0.29) is 0 Å². The van der Waals surface area contributed by atoms with Crippen molar-refractivity contribution in [3.8, 4) is 0 Å². The predicted octanol–water partition coefficient (Wildman–Crippen LogP) is 3.03. The molecule has 4 nitrogen and oxygen atoms in total. The molecule has 4 heteroatoms. The van der Waals surface area contributed by atoms with Crippen LogP contribution in [0.15, 0.2) is 59.6 Å². The largest absolute Gasteiger partial charge is 0.325 e. The van der Waals surface area contributed by atoms with Crippen molar-refractivity contribution in [2.45, 2.75) is 13.5 Å². The molecule has 21 heavy (non-hydrogen) atoms. The number of rotatable bonds is 4. The second-order valence-corrected chi connectivity index (χ2v) is 5.15.